The van der Waals surface area contributed by atoms with E-state index in [1.165, 1.54) is 35.2 Å². The number of benzene rings is 4. The van der Waals surface area contributed by atoms with Gasteiger partial charge in [-0.25, -0.2) is 12.8 Å². The normalized spacial score (nSPS) is 13.7. The topological polar surface area (TPSA) is 105 Å². The number of carbonyl (C=O) groups is 2. The largest absolute Gasteiger partial charge is 0.486 e. The summed E-state index contributed by atoms with van der Waals surface area (Å²) in [6.07, 6.45) is 0.775. The summed E-state index contributed by atoms with van der Waals surface area (Å²) in [6, 6.07) is 26.3. The molecule has 246 valence electrons. The molecule has 1 aliphatic rings. The molecule has 0 aromatic heterocycles. The van der Waals surface area contributed by atoms with Crippen molar-refractivity contribution in [3.63, 3.8) is 0 Å². The van der Waals surface area contributed by atoms with Gasteiger partial charge in [-0.15, -0.1) is 0 Å². The summed E-state index contributed by atoms with van der Waals surface area (Å²) in [7, 11) is -4.30. The second-order valence-electron chi connectivity index (χ2n) is 11.3. The molecule has 9 nitrogen and oxygen atoms in total. The zero-order valence-corrected chi connectivity index (χ0v) is 27.2. The van der Waals surface area contributed by atoms with Crippen LogP contribution < -0.4 is 19.1 Å². The van der Waals surface area contributed by atoms with E-state index in [1.807, 2.05) is 44.2 Å². The van der Waals surface area contributed by atoms with Gasteiger partial charge in [-0.05, 0) is 49.2 Å². The first-order valence-corrected chi connectivity index (χ1v) is 17.0. The van der Waals surface area contributed by atoms with Crippen LogP contribution in [0.25, 0.3) is 0 Å². The Morgan fingerprint density at radius 1 is 0.872 bits per heavy atom. The highest BCUT2D eigenvalue weighted by Gasteiger charge is 2.35. The van der Waals surface area contributed by atoms with Gasteiger partial charge in [0.25, 0.3) is 10.0 Å². The molecule has 1 aliphatic heterocycles. The van der Waals surface area contributed by atoms with Crippen molar-refractivity contribution >= 4 is 27.5 Å². The van der Waals surface area contributed by atoms with Crippen LogP contribution in [0.15, 0.2) is 108 Å². The summed E-state index contributed by atoms with van der Waals surface area (Å²) in [5.74, 6) is -0.874. The van der Waals surface area contributed by atoms with Gasteiger partial charge in [0.1, 0.15) is 31.6 Å². The molecule has 1 heterocycles. The van der Waals surface area contributed by atoms with Crippen molar-refractivity contribution in [2.45, 2.75) is 50.2 Å². The average Bonchev–Trinajstić information content (AvgIpc) is 3.09. The number of halogens is 1. The molecule has 0 fully saturated rings. The first-order chi connectivity index (χ1) is 22.7. The zero-order chi connectivity index (χ0) is 33.4. The Kier molecular flexibility index (Phi) is 10.8. The Balaban J connectivity index is 1.59. The smallest absolute Gasteiger partial charge is 0.264 e. The molecule has 0 saturated heterocycles. The third-order valence-corrected chi connectivity index (χ3v) is 9.78. The minimum Gasteiger partial charge on any atom is -0.486 e. The number of hydrogen-bond donors (Lipinski definition) is 1. The predicted octanol–water partition coefficient (Wildman–Crippen LogP) is 5.35. The number of anilines is 1. The van der Waals surface area contributed by atoms with Crippen LogP contribution in [0.3, 0.4) is 0 Å². The molecule has 2 amide bonds. The van der Waals surface area contributed by atoms with Crippen LogP contribution in [-0.2, 0) is 32.6 Å². The van der Waals surface area contributed by atoms with Gasteiger partial charge in [0.15, 0.2) is 11.5 Å². The van der Waals surface area contributed by atoms with Crippen molar-refractivity contribution in [3.05, 3.63) is 120 Å². The molecular formula is C36H38FN3O6S. The van der Waals surface area contributed by atoms with E-state index in [0.29, 0.717) is 24.5 Å². The number of nitrogens with zero attached hydrogens (tertiary/aromatic N) is 2. The van der Waals surface area contributed by atoms with Crippen molar-refractivity contribution in [3.8, 4) is 11.5 Å². The lowest BCUT2D eigenvalue weighted by Crippen LogP contribution is -2.54. The maximum atomic E-state index is 15.1. The maximum Gasteiger partial charge on any atom is 0.264 e. The number of sulfonamides is 1. The lowest BCUT2D eigenvalue weighted by molar-refractivity contribution is -0.140. The standard InChI is InChI=1S/C36H38FN3O6S/c1-3-26(2)38-36(42)32(22-27-12-6-4-7-13-27)39(24-28-14-10-11-17-31(28)37)35(41)25-40(47(43,44)30-15-8-5-9-16-30)29-18-19-33-34(23-29)46-21-20-45-33/h4-19,23,26,32H,3,20-22,24-25H2,1-2H3,(H,38,42)/t26-,32+/m1/s1. The van der Waals surface area contributed by atoms with Crippen LogP contribution in [-0.4, -0.2) is 57.0 Å². The minimum atomic E-state index is -4.30. The average molecular weight is 660 g/mol. The molecule has 0 unspecified atom stereocenters. The minimum absolute atomic E-state index is 0.0290. The molecule has 0 spiro atoms. The molecule has 0 saturated carbocycles. The number of fused-ring (bicyclic) bond motifs is 1. The van der Waals surface area contributed by atoms with E-state index in [4.69, 9.17) is 9.47 Å². The molecule has 0 aliphatic carbocycles. The van der Waals surface area contributed by atoms with Crippen LogP contribution in [0.2, 0.25) is 0 Å². The quantitative estimate of drug-likeness (QED) is 0.208. The zero-order valence-electron chi connectivity index (χ0n) is 26.3. The monoisotopic (exact) mass is 659 g/mol. The lowest BCUT2D eigenvalue weighted by Gasteiger charge is -2.34. The number of hydrogen-bond acceptors (Lipinski definition) is 6. The van der Waals surface area contributed by atoms with Gasteiger partial charge < -0.3 is 19.7 Å². The number of rotatable bonds is 13. The van der Waals surface area contributed by atoms with Gasteiger partial charge in [0.05, 0.1) is 10.6 Å². The van der Waals surface area contributed by atoms with E-state index < -0.39 is 40.2 Å². The van der Waals surface area contributed by atoms with Gasteiger partial charge in [-0.3, -0.25) is 13.9 Å². The second kappa shape index (κ2) is 15.1. The molecule has 4 aromatic rings. The Morgan fingerprint density at radius 3 is 2.19 bits per heavy atom. The van der Waals surface area contributed by atoms with Crippen molar-refractivity contribution in [1.29, 1.82) is 0 Å². The summed E-state index contributed by atoms with van der Waals surface area (Å²) in [6.45, 7) is 3.48. The molecular weight excluding hydrogens is 621 g/mol. The summed E-state index contributed by atoms with van der Waals surface area (Å²) >= 11 is 0. The van der Waals surface area contributed by atoms with Crippen molar-refractivity contribution < 1.29 is 31.9 Å². The van der Waals surface area contributed by atoms with E-state index in [-0.39, 0.29) is 41.8 Å². The molecule has 1 N–H and O–H groups in total. The molecule has 0 bridgehead atoms. The van der Waals surface area contributed by atoms with Gasteiger partial charge >= 0.3 is 0 Å². The summed E-state index contributed by atoms with van der Waals surface area (Å²) in [4.78, 5) is 29.7. The SMILES string of the molecule is CC[C@@H](C)NC(=O)[C@H](Cc1ccccc1)N(Cc1ccccc1F)C(=O)CN(c1ccc2c(c1)OCCO2)S(=O)(=O)c1ccccc1. The Hall–Kier alpha value is -4.90. The number of amides is 2. The molecule has 11 heteroatoms. The van der Waals surface area contributed by atoms with Crippen molar-refractivity contribution in [2.24, 2.45) is 0 Å². The molecule has 0 radical (unpaired) electrons. The van der Waals surface area contributed by atoms with Gasteiger partial charge in [-0.1, -0.05) is 73.7 Å². The molecule has 2 atom stereocenters. The van der Waals surface area contributed by atoms with Gasteiger partial charge in [-0.2, -0.15) is 0 Å². The second-order valence-corrected chi connectivity index (χ2v) is 13.2. The Labute approximate surface area is 275 Å². The fourth-order valence-corrected chi connectivity index (χ4v) is 6.67. The summed E-state index contributed by atoms with van der Waals surface area (Å²) in [5.41, 5.74) is 1.14. The molecule has 4 aromatic carbocycles. The highest BCUT2D eigenvalue weighted by atomic mass is 32.2. The first kappa shape index (κ1) is 33.5. The van der Waals surface area contributed by atoms with Crippen molar-refractivity contribution in [1.82, 2.24) is 10.2 Å². The van der Waals surface area contributed by atoms with Crippen LogP contribution in [0.4, 0.5) is 10.1 Å². The Bertz CT molecular complexity index is 1790. The third kappa shape index (κ3) is 8.10. The van der Waals surface area contributed by atoms with Crippen molar-refractivity contribution in [2.75, 3.05) is 24.1 Å². The van der Waals surface area contributed by atoms with Crippen LogP contribution in [0.5, 0.6) is 11.5 Å². The highest BCUT2D eigenvalue weighted by molar-refractivity contribution is 7.92. The fraction of sp³-hybridized carbons (Fsp3) is 0.278. The number of carbonyl (C=O) groups excluding carboxylic acids is 2. The molecule has 47 heavy (non-hydrogen) atoms. The lowest BCUT2D eigenvalue weighted by atomic mass is 10.0. The van der Waals surface area contributed by atoms with E-state index in [9.17, 15) is 18.0 Å². The van der Waals surface area contributed by atoms with Gasteiger partial charge in [0.2, 0.25) is 11.8 Å². The fourth-order valence-electron chi connectivity index (χ4n) is 5.24. The summed E-state index contributed by atoms with van der Waals surface area (Å²) in [5, 5.41) is 2.97. The highest BCUT2D eigenvalue weighted by Crippen LogP contribution is 2.36. The molecule has 5 rings (SSSR count). The maximum absolute atomic E-state index is 15.1. The first-order valence-electron chi connectivity index (χ1n) is 15.5. The van der Waals surface area contributed by atoms with E-state index >= 15 is 4.39 Å². The van der Waals surface area contributed by atoms with E-state index in [2.05, 4.69) is 5.32 Å². The third-order valence-electron chi connectivity index (χ3n) is 7.99. The number of ether oxygens (including phenoxy) is 2. The predicted molar refractivity (Wildman–Crippen MR) is 177 cm³/mol. The van der Waals surface area contributed by atoms with E-state index in [0.717, 1.165) is 9.87 Å². The van der Waals surface area contributed by atoms with E-state index in [1.54, 1.807) is 42.5 Å². The van der Waals surface area contributed by atoms with Gasteiger partial charge in [0, 0.05) is 30.6 Å². The van der Waals surface area contributed by atoms with Crippen LogP contribution in [0.1, 0.15) is 31.4 Å². The Morgan fingerprint density at radius 2 is 1.51 bits per heavy atom. The summed E-state index contributed by atoms with van der Waals surface area (Å²) < 4.78 is 55.8. The van der Waals surface area contributed by atoms with Crippen LogP contribution >= 0.6 is 0 Å². The van der Waals surface area contributed by atoms with Crippen LogP contribution in [0, 0.1) is 5.82 Å². The number of nitrogens with one attached hydrogen (secondary N) is 1.